The van der Waals surface area contributed by atoms with Crippen LogP contribution in [0.1, 0.15) is 40.5 Å². The van der Waals surface area contributed by atoms with Crippen molar-refractivity contribution in [1.82, 2.24) is 30.0 Å². The van der Waals surface area contributed by atoms with Crippen LogP contribution in [0.4, 0.5) is 8.78 Å². The van der Waals surface area contributed by atoms with E-state index in [1.54, 1.807) is 13.0 Å². The second-order valence-corrected chi connectivity index (χ2v) is 10.3. The molecular formula is C23H19ClF2N6O3S. The summed E-state index contributed by atoms with van der Waals surface area (Å²) in [6.45, 7) is 1.61. The van der Waals surface area contributed by atoms with Gasteiger partial charge >= 0.3 is 0 Å². The lowest BCUT2D eigenvalue weighted by Gasteiger charge is -2.14. The number of benzene rings is 2. The van der Waals surface area contributed by atoms with Crippen LogP contribution in [0.25, 0.3) is 5.95 Å². The number of hydrogen-bond acceptors (Lipinski definition) is 7. The number of hydrogen-bond donors (Lipinski definition) is 1. The molecule has 0 aliphatic rings. The van der Waals surface area contributed by atoms with Gasteiger partial charge < -0.3 is 5.32 Å². The Kier molecular flexibility index (Phi) is 7.09. The number of aromatic nitrogens is 5. The first kappa shape index (κ1) is 25.3. The van der Waals surface area contributed by atoms with Crippen LogP contribution in [0.5, 0.6) is 0 Å². The average molecular weight is 533 g/mol. The number of sulfone groups is 1. The van der Waals surface area contributed by atoms with Crippen molar-refractivity contribution >= 4 is 27.3 Å². The molecule has 4 aromatic rings. The summed E-state index contributed by atoms with van der Waals surface area (Å²) in [5.74, 6) is -1.72. The Morgan fingerprint density at radius 2 is 1.78 bits per heavy atom. The van der Waals surface area contributed by atoms with Crippen molar-refractivity contribution in [1.29, 1.82) is 0 Å². The van der Waals surface area contributed by atoms with Gasteiger partial charge in [-0.25, -0.2) is 32.2 Å². The number of nitrogens with zero attached hydrogens (tertiary/aromatic N) is 5. The minimum Gasteiger partial charge on any atom is -0.342 e. The molecule has 1 amide bonds. The highest BCUT2D eigenvalue weighted by Crippen LogP contribution is 2.22. The molecule has 0 saturated carbocycles. The third-order valence-electron chi connectivity index (χ3n) is 5.11. The summed E-state index contributed by atoms with van der Waals surface area (Å²) in [5.41, 5.74) is -0.190. The smallest absolute Gasteiger partial charge is 0.252 e. The lowest BCUT2D eigenvalue weighted by atomic mass is 10.1. The second kappa shape index (κ2) is 10.1. The molecule has 0 saturated heterocycles. The Morgan fingerprint density at radius 3 is 2.42 bits per heavy atom. The van der Waals surface area contributed by atoms with Crippen LogP contribution in [0, 0.1) is 11.6 Å². The highest BCUT2D eigenvalue weighted by molar-refractivity contribution is 7.90. The van der Waals surface area contributed by atoms with Crippen molar-refractivity contribution < 1.29 is 22.0 Å². The fourth-order valence-electron chi connectivity index (χ4n) is 3.38. The van der Waals surface area contributed by atoms with E-state index in [1.165, 1.54) is 41.3 Å². The van der Waals surface area contributed by atoms with Crippen molar-refractivity contribution in [2.75, 3.05) is 6.26 Å². The van der Waals surface area contributed by atoms with E-state index >= 15 is 0 Å². The highest BCUT2D eigenvalue weighted by atomic mass is 35.5. The predicted molar refractivity (Wildman–Crippen MR) is 127 cm³/mol. The first-order valence-corrected chi connectivity index (χ1v) is 12.8. The molecule has 36 heavy (non-hydrogen) atoms. The molecule has 0 radical (unpaired) electrons. The molecule has 1 unspecified atom stereocenters. The monoisotopic (exact) mass is 532 g/mol. The molecule has 0 fully saturated rings. The van der Waals surface area contributed by atoms with Gasteiger partial charge in [-0.1, -0.05) is 17.7 Å². The van der Waals surface area contributed by atoms with Crippen LogP contribution in [0.2, 0.25) is 5.02 Å². The minimum absolute atomic E-state index is 0.0189. The third-order valence-corrected chi connectivity index (χ3v) is 6.42. The molecule has 0 aliphatic heterocycles. The third kappa shape index (κ3) is 5.55. The van der Waals surface area contributed by atoms with E-state index in [0.717, 1.165) is 18.4 Å². The molecule has 2 aromatic carbocycles. The second-order valence-electron chi connectivity index (χ2n) is 7.87. The molecule has 0 aliphatic carbocycles. The topological polar surface area (TPSA) is 120 Å². The van der Waals surface area contributed by atoms with Crippen molar-refractivity contribution in [3.8, 4) is 5.95 Å². The number of carbonyl (C=O) groups excluding carboxylic acids is 1. The van der Waals surface area contributed by atoms with Crippen LogP contribution in [-0.2, 0) is 16.3 Å². The van der Waals surface area contributed by atoms with E-state index in [-0.39, 0.29) is 45.1 Å². The summed E-state index contributed by atoms with van der Waals surface area (Å²) in [4.78, 5) is 25.5. The summed E-state index contributed by atoms with van der Waals surface area (Å²) in [5, 5.41) is 7.10. The van der Waals surface area contributed by atoms with Crippen molar-refractivity contribution in [3.63, 3.8) is 0 Å². The molecule has 9 nitrogen and oxygen atoms in total. The first-order valence-electron chi connectivity index (χ1n) is 10.5. The van der Waals surface area contributed by atoms with E-state index in [9.17, 15) is 22.0 Å². The van der Waals surface area contributed by atoms with Gasteiger partial charge in [0.15, 0.2) is 21.5 Å². The number of rotatable bonds is 7. The molecule has 1 atom stereocenters. The summed E-state index contributed by atoms with van der Waals surface area (Å²) < 4.78 is 53.5. The molecule has 2 aromatic heterocycles. The Morgan fingerprint density at radius 1 is 1.11 bits per heavy atom. The Labute approximate surface area is 210 Å². The van der Waals surface area contributed by atoms with Crippen LogP contribution in [0.15, 0.2) is 59.8 Å². The van der Waals surface area contributed by atoms with E-state index < -0.39 is 33.4 Å². The number of amides is 1. The van der Waals surface area contributed by atoms with Crippen LogP contribution in [0.3, 0.4) is 0 Å². The van der Waals surface area contributed by atoms with Gasteiger partial charge in [-0.15, -0.1) is 5.10 Å². The van der Waals surface area contributed by atoms with Gasteiger partial charge in [0, 0.05) is 41.2 Å². The van der Waals surface area contributed by atoms with Crippen LogP contribution < -0.4 is 5.32 Å². The van der Waals surface area contributed by atoms with Gasteiger partial charge in [0.25, 0.3) is 11.9 Å². The summed E-state index contributed by atoms with van der Waals surface area (Å²) in [6, 6.07) is 8.11. The minimum atomic E-state index is -3.61. The van der Waals surface area contributed by atoms with E-state index in [2.05, 4.69) is 25.4 Å². The fraction of sp³-hybridized carbons (Fsp3) is 0.174. The largest absolute Gasteiger partial charge is 0.342 e. The van der Waals surface area contributed by atoms with Gasteiger partial charge in [0.05, 0.1) is 10.9 Å². The Hall–Kier alpha value is -3.77. The quantitative estimate of drug-likeness (QED) is 0.387. The summed E-state index contributed by atoms with van der Waals surface area (Å²) in [6.07, 6.45) is 3.71. The van der Waals surface area contributed by atoms with Gasteiger partial charge in [-0.05, 0) is 43.3 Å². The maximum Gasteiger partial charge on any atom is 0.252 e. The average Bonchev–Trinajstić information content (AvgIpc) is 3.25. The van der Waals surface area contributed by atoms with Crippen LogP contribution in [-0.4, -0.2) is 45.3 Å². The maximum absolute atomic E-state index is 14.2. The first-order chi connectivity index (χ1) is 17.0. The zero-order valence-electron chi connectivity index (χ0n) is 19.0. The number of nitrogens with one attached hydrogen (secondary N) is 1. The molecule has 0 bridgehead atoms. The molecule has 4 rings (SSSR count). The molecule has 1 N–H and O–H groups in total. The fourth-order valence-corrected chi connectivity index (χ4v) is 4.37. The van der Waals surface area contributed by atoms with Crippen molar-refractivity contribution in [2.45, 2.75) is 24.3 Å². The highest BCUT2D eigenvalue weighted by Gasteiger charge is 2.23. The zero-order valence-corrected chi connectivity index (χ0v) is 20.6. The summed E-state index contributed by atoms with van der Waals surface area (Å²) in [7, 11) is -3.61. The summed E-state index contributed by atoms with van der Waals surface area (Å²) >= 11 is 6.02. The zero-order chi connectivity index (χ0) is 26.0. The normalized spacial score (nSPS) is 12.4. The SMILES string of the molecule is CC(NC(=O)c1cc(Cl)cc(S(C)(=O)=O)c1)c1nc(Cc2c(F)cccc2F)nn1-c1ncccn1. The van der Waals surface area contributed by atoms with Crippen molar-refractivity contribution in [2.24, 2.45) is 0 Å². The van der Waals surface area contributed by atoms with Crippen molar-refractivity contribution in [3.05, 3.63) is 94.3 Å². The Balaban J connectivity index is 1.68. The number of carbonyl (C=O) groups is 1. The molecule has 13 heteroatoms. The van der Waals surface area contributed by atoms with Gasteiger partial charge in [-0.3, -0.25) is 4.79 Å². The molecular weight excluding hydrogens is 514 g/mol. The van der Waals surface area contributed by atoms with E-state index in [1.807, 2.05) is 0 Å². The molecule has 186 valence electrons. The van der Waals surface area contributed by atoms with Crippen LogP contribution >= 0.6 is 11.6 Å². The maximum atomic E-state index is 14.2. The van der Waals surface area contributed by atoms with Gasteiger partial charge in [0.2, 0.25) is 0 Å². The molecule has 2 heterocycles. The standard InChI is InChI=1S/C23H19ClF2N6O3S/c1-13(29-22(33)14-9-15(24)11-16(10-14)36(2,34)35)21-30-20(12-17-18(25)5-3-6-19(17)26)31-32(21)23-27-7-4-8-28-23/h3-11,13H,12H2,1-2H3,(H,29,33). The predicted octanol–water partition coefficient (Wildman–Crippen LogP) is 3.47. The van der Waals surface area contributed by atoms with E-state index in [4.69, 9.17) is 11.6 Å². The number of halogens is 3. The molecule has 0 spiro atoms. The Bertz CT molecular complexity index is 1530. The lowest BCUT2D eigenvalue weighted by molar-refractivity contribution is 0.0937. The lowest BCUT2D eigenvalue weighted by Crippen LogP contribution is -2.29. The van der Waals surface area contributed by atoms with Gasteiger partial charge in [0.1, 0.15) is 11.6 Å². The van der Waals surface area contributed by atoms with E-state index in [0.29, 0.717) is 0 Å². The van der Waals surface area contributed by atoms with Gasteiger partial charge in [-0.2, -0.15) is 4.68 Å².